The van der Waals surface area contributed by atoms with Crippen LogP contribution in [-0.2, 0) is 9.59 Å². The number of carbonyl (C=O) groups excluding carboxylic acids is 2. The van der Waals surface area contributed by atoms with Crippen molar-refractivity contribution < 1.29 is 23.8 Å². The van der Waals surface area contributed by atoms with E-state index >= 15 is 0 Å². The number of halogens is 1. The number of hydrogen-bond donors (Lipinski definition) is 1. The SMILES string of the molecule is CCN(CC)CCN1C(=O)C(=O)/C(=C(\O)c2ccc(C)c(F)c2)C1c1ccc(OC)cc1. The number of likely N-dealkylation sites (tertiary alicyclic amines) is 1. The number of benzene rings is 2. The highest BCUT2D eigenvalue weighted by Crippen LogP contribution is 2.39. The maximum Gasteiger partial charge on any atom is 0.295 e. The number of aliphatic hydroxyl groups excluding tert-OH is 1. The molecule has 32 heavy (non-hydrogen) atoms. The quantitative estimate of drug-likeness (QED) is 0.383. The zero-order valence-corrected chi connectivity index (χ0v) is 18.9. The molecule has 1 aliphatic heterocycles. The van der Waals surface area contributed by atoms with Gasteiger partial charge in [0.05, 0.1) is 18.7 Å². The summed E-state index contributed by atoms with van der Waals surface area (Å²) in [5.74, 6) is -1.69. The van der Waals surface area contributed by atoms with Gasteiger partial charge in [-0.1, -0.05) is 38.1 Å². The molecule has 1 fully saturated rings. The van der Waals surface area contributed by atoms with E-state index < -0.39 is 23.5 Å². The van der Waals surface area contributed by atoms with E-state index in [1.165, 1.54) is 17.0 Å². The zero-order valence-electron chi connectivity index (χ0n) is 18.9. The average Bonchev–Trinajstić information content (AvgIpc) is 3.06. The Morgan fingerprint density at radius 3 is 2.34 bits per heavy atom. The number of aliphatic hydroxyl groups is 1. The summed E-state index contributed by atoms with van der Waals surface area (Å²) >= 11 is 0. The van der Waals surface area contributed by atoms with Gasteiger partial charge < -0.3 is 19.6 Å². The van der Waals surface area contributed by atoms with Crippen molar-refractivity contribution in [3.8, 4) is 5.75 Å². The molecule has 1 amide bonds. The van der Waals surface area contributed by atoms with E-state index in [1.807, 2.05) is 13.8 Å². The molecule has 1 saturated heterocycles. The lowest BCUT2D eigenvalue weighted by Gasteiger charge is -2.28. The van der Waals surface area contributed by atoms with E-state index in [-0.39, 0.29) is 16.9 Å². The van der Waals surface area contributed by atoms with Crippen LogP contribution in [0.4, 0.5) is 4.39 Å². The number of carbonyl (C=O) groups is 2. The lowest BCUT2D eigenvalue weighted by molar-refractivity contribution is -0.140. The fourth-order valence-corrected chi connectivity index (χ4v) is 3.93. The van der Waals surface area contributed by atoms with Crippen LogP contribution in [0.25, 0.3) is 5.76 Å². The largest absolute Gasteiger partial charge is 0.507 e. The second-order valence-corrected chi connectivity index (χ2v) is 7.76. The minimum atomic E-state index is -0.777. The summed E-state index contributed by atoms with van der Waals surface area (Å²) < 4.78 is 19.4. The Morgan fingerprint density at radius 2 is 1.78 bits per heavy atom. The molecule has 0 spiro atoms. The maximum absolute atomic E-state index is 14.2. The first kappa shape index (κ1) is 23.5. The lowest BCUT2D eigenvalue weighted by atomic mass is 9.95. The van der Waals surface area contributed by atoms with Crippen LogP contribution in [-0.4, -0.2) is 59.9 Å². The van der Waals surface area contributed by atoms with E-state index in [0.29, 0.717) is 30.0 Å². The number of hydrogen-bond acceptors (Lipinski definition) is 5. The monoisotopic (exact) mass is 440 g/mol. The molecule has 1 aliphatic rings. The summed E-state index contributed by atoms with van der Waals surface area (Å²) in [5, 5.41) is 11.0. The number of aryl methyl sites for hydroxylation is 1. The number of ketones is 1. The van der Waals surface area contributed by atoms with E-state index in [2.05, 4.69) is 4.90 Å². The first-order valence-electron chi connectivity index (χ1n) is 10.7. The highest BCUT2D eigenvalue weighted by Gasteiger charge is 2.46. The summed E-state index contributed by atoms with van der Waals surface area (Å²) in [7, 11) is 1.55. The number of nitrogens with zero attached hydrogens (tertiary/aromatic N) is 2. The summed E-state index contributed by atoms with van der Waals surface area (Å²) in [4.78, 5) is 29.7. The molecule has 0 radical (unpaired) electrons. The highest BCUT2D eigenvalue weighted by molar-refractivity contribution is 6.46. The molecule has 1 unspecified atom stereocenters. The van der Waals surface area contributed by atoms with E-state index in [1.54, 1.807) is 44.4 Å². The van der Waals surface area contributed by atoms with Crippen molar-refractivity contribution in [2.75, 3.05) is 33.3 Å². The fourth-order valence-electron chi connectivity index (χ4n) is 3.93. The minimum Gasteiger partial charge on any atom is -0.507 e. The van der Waals surface area contributed by atoms with E-state index in [0.717, 1.165) is 13.1 Å². The van der Waals surface area contributed by atoms with Gasteiger partial charge in [0.25, 0.3) is 11.7 Å². The Labute approximate surface area is 187 Å². The van der Waals surface area contributed by atoms with Gasteiger partial charge in [-0.05, 0) is 49.3 Å². The summed E-state index contributed by atoms with van der Waals surface area (Å²) in [6, 6.07) is 10.5. The fraction of sp³-hybridized carbons (Fsp3) is 0.360. The number of likely N-dealkylation sites (N-methyl/N-ethyl adjacent to an activating group) is 1. The van der Waals surface area contributed by atoms with Gasteiger partial charge in [-0.2, -0.15) is 0 Å². The minimum absolute atomic E-state index is 0.0389. The molecule has 1 heterocycles. The van der Waals surface area contributed by atoms with Gasteiger partial charge in [0.15, 0.2) is 0 Å². The molecule has 0 bridgehead atoms. The van der Waals surface area contributed by atoms with Crippen LogP contribution in [0.5, 0.6) is 5.75 Å². The molecule has 1 N–H and O–H groups in total. The normalized spacial score (nSPS) is 17.9. The Kier molecular flexibility index (Phi) is 7.30. The topological polar surface area (TPSA) is 70.1 Å². The Morgan fingerprint density at radius 1 is 1.12 bits per heavy atom. The molecule has 1 atom stereocenters. The van der Waals surface area contributed by atoms with Crippen LogP contribution < -0.4 is 4.74 Å². The number of ether oxygens (including phenoxy) is 1. The molecule has 170 valence electrons. The Bertz CT molecular complexity index is 1030. The third kappa shape index (κ3) is 4.53. The highest BCUT2D eigenvalue weighted by atomic mass is 19.1. The van der Waals surface area contributed by atoms with Gasteiger partial charge in [-0.3, -0.25) is 9.59 Å². The van der Waals surface area contributed by atoms with Crippen molar-refractivity contribution in [1.82, 2.24) is 9.80 Å². The van der Waals surface area contributed by atoms with Crippen molar-refractivity contribution in [3.63, 3.8) is 0 Å². The van der Waals surface area contributed by atoms with Crippen molar-refractivity contribution in [3.05, 3.63) is 70.5 Å². The predicted molar refractivity (Wildman–Crippen MR) is 121 cm³/mol. The Hall–Kier alpha value is -3.19. The second kappa shape index (κ2) is 9.96. The molecular formula is C25H29FN2O4. The van der Waals surface area contributed by atoms with Crippen LogP contribution >= 0.6 is 0 Å². The van der Waals surface area contributed by atoms with Crippen LogP contribution in [0.2, 0.25) is 0 Å². The average molecular weight is 441 g/mol. The van der Waals surface area contributed by atoms with E-state index in [9.17, 15) is 19.1 Å². The third-order valence-electron chi connectivity index (χ3n) is 5.97. The first-order chi connectivity index (χ1) is 15.3. The van der Waals surface area contributed by atoms with Gasteiger partial charge in [0.1, 0.15) is 17.3 Å². The molecule has 2 aromatic carbocycles. The van der Waals surface area contributed by atoms with Crippen molar-refractivity contribution in [2.45, 2.75) is 26.8 Å². The van der Waals surface area contributed by atoms with Crippen molar-refractivity contribution >= 4 is 17.4 Å². The Balaban J connectivity index is 2.11. The van der Waals surface area contributed by atoms with Gasteiger partial charge in [-0.25, -0.2) is 4.39 Å². The third-order valence-corrected chi connectivity index (χ3v) is 5.97. The maximum atomic E-state index is 14.2. The molecule has 3 rings (SSSR count). The number of Topliss-reactive ketones (excluding diaryl/α,β-unsaturated/α-hetero) is 1. The first-order valence-corrected chi connectivity index (χ1v) is 10.7. The van der Waals surface area contributed by atoms with Gasteiger partial charge in [0.2, 0.25) is 0 Å². The van der Waals surface area contributed by atoms with Crippen LogP contribution in [0.3, 0.4) is 0 Å². The molecule has 7 heteroatoms. The molecule has 2 aromatic rings. The standard InChI is InChI=1S/C25H29FN2O4/c1-5-27(6-2)13-14-28-22(17-9-11-19(32-4)12-10-17)21(24(30)25(28)31)23(29)18-8-7-16(3)20(26)15-18/h7-12,15,22,29H,5-6,13-14H2,1-4H3/b23-21-. The van der Waals surface area contributed by atoms with Crippen molar-refractivity contribution in [2.24, 2.45) is 0 Å². The van der Waals surface area contributed by atoms with Crippen LogP contribution in [0, 0.1) is 12.7 Å². The molecular weight excluding hydrogens is 411 g/mol. The molecule has 6 nitrogen and oxygen atoms in total. The molecule has 0 saturated carbocycles. The number of methoxy groups -OCH3 is 1. The van der Waals surface area contributed by atoms with Gasteiger partial charge in [-0.15, -0.1) is 0 Å². The molecule has 0 aliphatic carbocycles. The zero-order chi connectivity index (χ0) is 23.4. The van der Waals surface area contributed by atoms with Gasteiger partial charge in [0, 0.05) is 18.7 Å². The lowest BCUT2D eigenvalue weighted by Crippen LogP contribution is -2.38. The summed E-state index contributed by atoms with van der Waals surface area (Å²) in [6.07, 6.45) is 0. The second-order valence-electron chi connectivity index (χ2n) is 7.76. The predicted octanol–water partition coefficient (Wildman–Crippen LogP) is 3.91. The smallest absolute Gasteiger partial charge is 0.295 e. The molecule has 0 aromatic heterocycles. The van der Waals surface area contributed by atoms with Gasteiger partial charge >= 0.3 is 0 Å². The summed E-state index contributed by atoms with van der Waals surface area (Å²) in [6.45, 7) is 8.22. The van der Waals surface area contributed by atoms with E-state index in [4.69, 9.17) is 4.74 Å². The van der Waals surface area contributed by atoms with Crippen LogP contribution in [0.1, 0.15) is 36.6 Å². The van der Waals surface area contributed by atoms with Crippen molar-refractivity contribution in [1.29, 1.82) is 0 Å². The number of amides is 1. The van der Waals surface area contributed by atoms with Crippen LogP contribution in [0.15, 0.2) is 48.0 Å². The summed E-state index contributed by atoms with van der Waals surface area (Å²) in [5.41, 5.74) is 1.21. The number of rotatable bonds is 8.